The minimum Gasteiger partial charge on any atom is -0.455 e. The molecule has 4 heteroatoms. The van der Waals surface area contributed by atoms with Crippen LogP contribution in [0.15, 0.2) is 48.5 Å². The van der Waals surface area contributed by atoms with Gasteiger partial charge < -0.3 is 14.8 Å². The summed E-state index contributed by atoms with van der Waals surface area (Å²) in [5.74, 6) is 1.39. The van der Waals surface area contributed by atoms with Crippen molar-refractivity contribution in [2.75, 3.05) is 11.9 Å². The molecule has 24 heavy (non-hydrogen) atoms. The first-order valence-corrected chi connectivity index (χ1v) is 8.46. The van der Waals surface area contributed by atoms with E-state index in [1.807, 2.05) is 55.5 Å². The number of rotatable bonds is 5. The van der Waals surface area contributed by atoms with Gasteiger partial charge in [-0.25, -0.2) is 0 Å². The van der Waals surface area contributed by atoms with Gasteiger partial charge in [0, 0.05) is 6.61 Å². The van der Waals surface area contributed by atoms with Crippen molar-refractivity contribution in [3.8, 4) is 11.5 Å². The Balaban J connectivity index is 1.67. The summed E-state index contributed by atoms with van der Waals surface area (Å²) < 4.78 is 11.6. The van der Waals surface area contributed by atoms with Crippen molar-refractivity contribution in [3.05, 3.63) is 54.1 Å². The van der Waals surface area contributed by atoms with E-state index in [0.29, 0.717) is 17.9 Å². The number of ether oxygens (including phenoxy) is 2. The molecule has 126 valence electrons. The highest BCUT2D eigenvalue weighted by Gasteiger charge is 2.18. The topological polar surface area (TPSA) is 47.6 Å². The van der Waals surface area contributed by atoms with Crippen molar-refractivity contribution in [3.63, 3.8) is 0 Å². The van der Waals surface area contributed by atoms with Crippen molar-refractivity contribution in [1.82, 2.24) is 0 Å². The number of benzene rings is 2. The summed E-state index contributed by atoms with van der Waals surface area (Å²) in [6.07, 6.45) is 3.59. The second-order valence-electron chi connectivity index (χ2n) is 6.10. The van der Waals surface area contributed by atoms with Gasteiger partial charge in [-0.2, -0.15) is 0 Å². The molecule has 1 atom stereocenters. The van der Waals surface area contributed by atoms with E-state index in [1.165, 1.54) is 0 Å². The lowest BCUT2D eigenvalue weighted by molar-refractivity contribution is -0.119. The first-order valence-electron chi connectivity index (χ1n) is 8.46. The largest absolute Gasteiger partial charge is 0.455 e. The maximum absolute atomic E-state index is 12.3. The van der Waals surface area contributed by atoms with Crippen molar-refractivity contribution >= 4 is 11.6 Å². The first kappa shape index (κ1) is 16.5. The number of nitrogens with one attached hydrogen (secondary N) is 1. The Hall–Kier alpha value is -2.33. The Kier molecular flexibility index (Phi) is 5.49. The fraction of sp³-hybridized carbons (Fsp3) is 0.350. The third kappa shape index (κ3) is 4.36. The fourth-order valence-electron chi connectivity index (χ4n) is 2.82. The van der Waals surface area contributed by atoms with E-state index in [0.717, 1.165) is 37.2 Å². The Morgan fingerprint density at radius 1 is 1.12 bits per heavy atom. The molecule has 3 rings (SSSR count). The number of carbonyl (C=O) groups excluding carboxylic acids is 1. The van der Waals surface area contributed by atoms with Gasteiger partial charge in [0.25, 0.3) is 0 Å². The monoisotopic (exact) mass is 325 g/mol. The predicted molar refractivity (Wildman–Crippen MR) is 94.5 cm³/mol. The normalized spacial score (nSPS) is 17.3. The third-order valence-electron chi connectivity index (χ3n) is 4.16. The van der Waals surface area contributed by atoms with E-state index in [-0.39, 0.29) is 12.0 Å². The van der Waals surface area contributed by atoms with Gasteiger partial charge >= 0.3 is 0 Å². The molecule has 1 fully saturated rings. The highest BCUT2D eigenvalue weighted by atomic mass is 16.5. The van der Waals surface area contributed by atoms with Crippen LogP contribution in [0.5, 0.6) is 11.5 Å². The number of amides is 1. The Labute approximate surface area is 142 Å². The summed E-state index contributed by atoms with van der Waals surface area (Å²) >= 11 is 0. The number of aryl methyl sites for hydroxylation is 1. The van der Waals surface area contributed by atoms with Gasteiger partial charge in [-0.1, -0.05) is 30.3 Å². The average molecular weight is 325 g/mol. The van der Waals surface area contributed by atoms with Crippen LogP contribution < -0.4 is 10.1 Å². The molecule has 1 amide bonds. The summed E-state index contributed by atoms with van der Waals surface area (Å²) in [6.45, 7) is 2.75. The van der Waals surface area contributed by atoms with E-state index < -0.39 is 0 Å². The van der Waals surface area contributed by atoms with Crippen LogP contribution in [-0.2, 0) is 9.53 Å². The summed E-state index contributed by atoms with van der Waals surface area (Å²) in [7, 11) is 0. The van der Waals surface area contributed by atoms with E-state index in [9.17, 15) is 4.79 Å². The molecule has 1 aliphatic heterocycles. The minimum absolute atomic E-state index is 0.0307. The Bertz CT molecular complexity index is 693. The molecule has 0 spiro atoms. The smallest absolute Gasteiger partial charge is 0.227 e. The number of hydrogen-bond donors (Lipinski definition) is 1. The molecule has 0 aliphatic carbocycles. The van der Waals surface area contributed by atoms with E-state index >= 15 is 0 Å². The van der Waals surface area contributed by atoms with Crippen molar-refractivity contribution in [2.24, 2.45) is 0 Å². The first-order chi connectivity index (χ1) is 11.7. The van der Waals surface area contributed by atoms with Gasteiger partial charge in [0.1, 0.15) is 5.75 Å². The quantitative estimate of drug-likeness (QED) is 0.868. The molecular weight excluding hydrogens is 302 g/mol. The SMILES string of the molecule is Cc1ccccc1Oc1ccccc1NC(=O)CC1CCCCO1. The maximum Gasteiger partial charge on any atom is 0.227 e. The van der Waals surface area contributed by atoms with Crippen molar-refractivity contribution in [1.29, 1.82) is 0 Å². The van der Waals surface area contributed by atoms with Crippen LogP contribution in [0.25, 0.3) is 0 Å². The summed E-state index contributed by atoms with van der Waals surface area (Å²) in [5, 5.41) is 2.95. The van der Waals surface area contributed by atoms with Crippen molar-refractivity contribution in [2.45, 2.75) is 38.7 Å². The van der Waals surface area contributed by atoms with Crippen LogP contribution in [0.4, 0.5) is 5.69 Å². The Morgan fingerprint density at radius 2 is 1.88 bits per heavy atom. The molecule has 1 unspecified atom stereocenters. The van der Waals surface area contributed by atoms with Gasteiger partial charge in [-0.15, -0.1) is 0 Å². The molecule has 2 aromatic carbocycles. The molecule has 0 radical (unpaired) electrons. The van der Waals surface area contributed by atoms with Gasteiger partial charge in [0.05, 0.1) is 18.2 Å². The van der Waals surface area contributed by atoms with E-state index in [2.05, 4.69) is 5.32 Å². The highest BCUT2D eigenvalue weighted by molar-refractivity contribution is 5.92. The molecule has 1 aliphatic rings. The molecule has 0 aromatic heterocycles. The summed E-state index contributed by atoms with van der Waals surface area (Å²) in [5.41, 5.74) is 1.73. The molecule has 1 N–H and O–H groups in total. The van der Waals surface area contributed by atoms with Gasteiger partial charge in [0.15, 0.2) is 5.75 Å². The minimum atomic E-state index is -0.0391. The number of hydrogen-bond acceptors (Lipinski definition) is 3. The van der Waals surface area contributed by atoms with Crippen LogP contribution in [-0.4, -0.2) is 18.6 Å². The van der Waals surface area contributed by atoms with Crippen LogP contribution in [0, 0.1) is 6.92 Å². The summed E-state index contributed by atoms with van der Waals surface area (Å²) in [6, 6.07) is 15.3. The van der Waals surface area contributed by atoms with Gasteiger partial charge in [-0.3, -0.25) is 4.79 Å². The molecule has 1 saturated heterocycles. The lowest BCUT2D eigenvalue weighted by Crippen LogP contribution is -2.25. The molecular formula is C20H23NO3. The highest BCUT2D eigenvalue weighted by Crippen LogP contribution is 2.31. The second kappa shape index (κ2) is 7.97. The van der Waals surface area contributed by atoms with Crippen LogP contribution >= 0.6 is 0 Å². The zero-order chi connectivity index (χ0) is 16.8. The van der Waals surface area contributed by atoms with Crippen LogP contribution in [0.1, 0.15) is 31.2 Å². The molecule has 2 aromatic rings. The van der Waals surface area contributed by atoms with E-state index in [4.69, 9.17) is 9.47 Å². The van der Waals surface area contributed by atoms with Gasteiger partial charge in [-0.05, 0) is 49.9 Å². The fourth-order valence-corrected chi connectivity index (χ4v) is 2.82. The maximum atomic E-state index is 12.3. The number of para-hydroxylation sites is 3. The number of carbonyl (C=O) groups is 1. The summed E-state index contributed by atoms with van der Waals surface area (Å²) in [4.78, 5) is 12.3. The lowest BCUT2D eigenvalue weighted by atomic mass is 10.1. The molecule has 1 heterocycles. The average Bonchev–Trinajstić information content (AvgIpc) is 2.59. The second-order valence-corrected chi connectivity index (χ2v) is 6.10. The molecule has 0 bridgehead atoms. The molecule has 4 nitrogen and oxygen atoms in total. The Morgan fingerprint density at radius 3 is 2.62 bits per heavy atom. The van der Waals surface area contributed by atoms with E-state index in [1.54, 1.807) is 0 Å². The van der Waals surface area contributed by atoms with Gasteiger partial charge in [0.2, 0.25) is 5.91 Å². The lowest BCUT2D eigenvalue weighted by Gasteiger charge is -2.22. The van der Waals surface area contributed by atoms with Crippen LogP contribution in [0.2, 0.25) is 0 Å². The standard InChI is InChI=1S/C20H23NO3/c1-15-8-2-4-11-18(15)24-19-12-5-3-10-17(19)21-20(22)14-16-9-6-7-13-23-16/h2-5,8,10-12,16H,6-7,9,13-14H2,1H3,(H,21,22). The van der Waals surface area contributed by atoms with Crippen LogP contribution in [0.3, 0.4) is 0 Å². The third-order valence-corrected chi connectivity index (χ3v) is 4.16. The zero-order valence-corrected chi connectivity index (χ0v) is 14.0. The number of anilines is 1. The molecule has 0 saturated carbocycles. The van der Waals surface area contributed by atoms with Crippen molar-refractivity contribution < 1.29 is 14.3 Å². The predicted octanol–water partition coefficient (Wildman–Crippen LogP) is 4.69. The zero-order valence-electron chi connectivity index (χ0n) is 14.0.